The number of aromatic nitrogens is 2. The van der Waals surface area contributed by atoms with Gasteiger partial charge < -0.3 is 9.64 Å². The maximum Gasteiger partial charge on any atom is 0.419 e. The number of benzene rings is 1. The van der Waals surface area contributed by atoms with Crippen LogP contribution in [0, 0.1) is 0 Å². The lowest BCUT2D eigenvalue weighted by Gasteiger charge is -2.19. The lowest BCUT2D eigenvalue weighted by atomic mass is 10.1. The number of anilines is 1. The summed E-state index contributed by atoms with van der Waals surface area (Å²) in [4.78, 5) is 6.29. The van der Waals surface area contributed by atoms with E-state index in [2.05, 4.69) is 9.71 Å². The van der Waals surface area contributed by atoms with Gasteiger partial charge in [-0.2, -0.15) is 21.6 Å². The Hall–Kier alpha value is -2.02. The molecule has 0 radical (unpaired) electrons. The van der Waals surface area contributed by atoms with E-state index < -0.39 is 33.6 Å². The van der Waals surface area contributed by atoms with E-state index in [4.69, 9.17) is 16.3 Å². The number of fused-ring (bicyclic) bond motifs is 1. The van der Waals surface area contributed by atoms with E-state index in [9.17, 15) is 21.6 Å². The lowest BCUT2D eigenvalue weighted by Crippen LogP contribution is -2.23. The van der Waals surface area contributed by atoms with E-state index in [0.717, 1.165) is 18.2 Å². The molecule has 0 saturated carbocycles. The summed E-state index contributed by atoms with van der Waals surface area (Å²) in [6, 6.07) is 2.87. The van der Waals surface area contributed by atoms with Crippen molar-refractivity contribution in [3.05, 3.63) is 40.5 Å². The summed E-state index contributed by atoms with van der Waals surface area (Å²) < 4.78 is 75.1. The SMILES string of the molecule is CN1CC[C@@H](Oc2cc(NS(=O)(=O)c3c(Cl)nc4sccn34)ccc2C(F)(F)F)C1. The van der Waals surface area contributed by atoms with Gasteiger partial charge in [0.25, 0.3) is 10.0 Å². The summed E-state index contributed by atoms with van der Waals surface area (Å²) >= 11 is 7.18. The highest BCUT2D eigenvalue weighted by atomic mass is 35.5. The Morgan fingerprint density at radius 2 is 2.13 bits per heavy atom. The summed E-state index contributed by atoms with van der Waals surface area (Å²) in [5, 5.41) is 1.12. The second kappa shape index (κ2) is 7.59. The number of hydrogen-bond donors (Lipinski definition) is 1. The molecule has 162 valence electrons. The van der Waals surface area contributed by atoms with Gasteiger partial charge in [0.2, 0.25) is 0 Å². The van der Waals surface area contributed by atoms with Crippen LogP contribution in [0.3, 0.4) is 0 Å². The van der Waals surface area contributed by atoms with Crippen LogP contribution < -0.4 is 9.46 Å². The average Bonchev–Trinajstić information content (AvgIpc) is 3.29. The second-order valence-corrected chi connectivity index (χ2v) is 9.70. The fourth-order valence-electron chi connectivity index (χ4n) is 3.27. The van der Waals surface area contributed by atoms with Gasteiger partial charge in [-0.15, -0.1) is 11.3 Å². The predicted octanol–water partition coefficient (Wildman–Crippen LogP) is 3.95. The van der Waals surface area contributed by atoms with E-state index in [1.165, 1.54) is 21.9 Å². The van der Waals surface area contributed by atoms with Gasteiger partial charge in [-0.05, 0) is 25.6 Å². The quantitative estimate of drug-likeness (QED) is 0.598. The smallest absolute Gasteiger partial charge is 0.419 e. The Labute approximate surface area is 179 Å². The summed E-state index contributed by atoms with van der Waals surface area (Å²) in [5.41, 5.74) is -1.05. The molecular weight excluding hydrogens is 465 g/mol. The Balaban J connectivity index is 1.68. The van der Waals surface area contributed by atoms with Crippen LogP contribution in [0.15, 0.2) is 34.8 Å². The zero-order valence-corrected chi connectivity index (χ0v) is 17.9. The molecule has 13 heteroatoms. The standard InChI is InChI=1S/C17H16ClF3N4O3S2/c1-24-5-4-11(9-24)28-13-8-10(2-3-12(13)17(19,20)21)23-30(26,27)15-14(18)22-16-25(15)6-7-29-16/h2-3,6-8,11,23H,4-5,9H2,1H3/t11-/m1/s1. The minimum Gasteiger partial charge on any atom is -0.488 e. The molecule has 1 fully saturated rings. The Morgan fingerprint density at radius 3 is 2.80 bits per heavy atom. The highest BCUT2D eigenvalue weighted by Gasteiger charge is 2.36. The number of thiazole rings is 1. The molecule has 7 nitrogen and oxygen atoms in total. The minimum atomic E-state index is -4.64. The highest BCUT2D eigenvalue weighted by molar-refractivity contribution is 7.92. The topological polar surface area (TPSA) is 75.9 Å². The Morgan fingerprint density at radius 1 is 1.37 bits per heavy atom. The third-order valence-electron chi connectivity index (χ3n) is 4.61. The van der Waals surface area contributed by atoms with Crippen molar-refractivity contribution < 1.29 is 26.3 Å². The summed E-state index contributed by atoms with van der Waals surface area (Å²) in [6.45, 7) is 1.18. The first-order chi connectivity index (χ1) is 14.0. The molecule has 1 atom stereocenters. The van der Waals surface area contributed by atoms with E-state index >= 15 is 0 Å². The molecule has 1 aromatic carbocycles. The number of nitrogens with zero attached hydrogens (tertiary/aromatic N) is 3. The van der Waals surface area contributed by atoms with E-state index in [1.54, 1.807) is 5.38 Å². The number of ether oxygens (including phenoxy) is 1. The molecule has 3 aromatic rings. The number of halogens is 4. The molecule has 0 amide bonds. The number of alkyl halides is 3. The Bertz CT molecular complexity index is 1190. The molecule has 0 bridgehead atoms. The van der Waals surface area contributed by atoms with Crippen molar-refractivity contribution in [1.29, 1.82) is 0 Å². The lowest BCUT2D eigenvalue weighted by molar-refractivity contribution is -0.139. The van der Waals surface area contributed by atoms with Gasteiger partial charge >= 0.3 is 6.18 Å². The zero-order chi connectivity index (χ0) is 21.7. The van der Waals surface area contributed by atoms with Crippen molar-refractivity contribution in [3.8, 4) is 5.75 Å². The molecule has 3 heterocycles. The van der Waals surface area contributed by atoms with Crippen LogP contribution in [0.4, 0.5) is 18.9 Å². The number of likely N-dealkylation sites (tertiary alicyclic amines) is 1. The maximum absolute atomic E-state index is 13.4. The van der Waals surface area contributed by atoms with E-state index in [-0.39, 0.29) is 15.9 Å². The first-order valence-electron chi connectivity index (χ1n) is 8.75. The molecule has 0 aliphatic carbocycles. The second-order valence-electron chi connectivity index (χ2n) is 6.87. The first kappa shape index (κ1) is 21.2. The third-order valence-corrected chi connectivity index (χ3v) is 7.15. The normalized spacial score (nSPS) is 18.2. The van der Waals surface area contributed by atoms with Crippen LogP contribution in [0.25, 0.3) is 4.96 Å². The maximum atomic E-state index is 13.4. The van der Waals surface area contributed by atoms with Gasteiger partial charge in [0.05, 0.1) is 11.3 Å². The van der Waals surface area contributed by atoms with Gasteiger partial charge in [0.1, 0.15) is 11.9 Å². The molecule has 0 spiro atoms. The summed E-state index contributed by atoms with van der Waals surface area (Å²) in [6.07, 6.45) is -3.00. The van der Waals surface area contributed by atoms with Crippen LogP contribution in [0.1, 0.15) is 12.0 Å². The van der Waals surface area contributed by atoms with Crippen molar-refractivity contribution in [2.75, 3.05) is 24.9 Å². The van der Waals surface area contributed by atoms with Crippen molar-refractivity contribution in [2.24, 2.45) is 0 Å². The minimum absolute atomic E-state index is 0.0782. The molecular formula is C17H16ClF3N4O3S2. The third kappa shape index (κ3) is 4.09. The number of likely N-dealkylation sites (N-methyl/N-ethyl adjacent to an activating group) is 1. The van der Waals surface area contributed by atoms with Gasteiger partial charge in [-0.25, -0.2) is 4.98 Å². The highest BCUT2D eigenvalue weighted by Crippen LogP contribution is 2.39. The van der Waals surface area contributed by atoms with Gasteiger partial charge in [0.15, 0.2) is 15.1 Å². The fraction of sp³-hybridized carbons (Fsp3) is 0.353. The molecule has 30 heavy (non-hydrogen) atoms. The monoisotopic (exact) mass is 480 g/mol. The van der Waals surface area contributed by atoms with Gasteiger partial charge in [-0.1, -0.05) is 11.6 Å². The van der Waals surface area contributed by atoms with Crippen molar-refractivity contribution in [2.45, 2.75) is 23.7 Å². The largest absolute Gasteiger partial charge is 0.488 e. The summed E-state index contributed by atoms with van der Waals surface area (Å²) in [7, 11) is -2.37. The predicted molar refractivity (Wildman–Crippen MR) is 107 cm³/mol. The van der Waals surface area contributed by atoms with Crippen LogP contribution in [0.5, 0.6) is 5.75 Å². The van der Waals surface area contributed by atoms with Gasteiger partial charge in [0, 0.05) is 30.7 Å². The van der Waals surface area contributed by atoms with Gasteiger partial charge in [-0.3, -0.25) is 9.12 Å². The van der Waals surface area contributed by atoms with Crippen LogP contribution in [0.2, 0.25) is 5.15 Å². The molecule has 0 unspecified atom stereocenters. The molecule has 1 aliphatic heterocycles. The molecule has 1 N–H and O–H groups in total. The van der Waals surface area contributed by atoms with E-state index in [1.807, 2.05) is 11.9 Å². The number of sulfonamides is 1. The number of nitrogens with one attached hydrogen (secondary N) is 1. The molecule has 2 aromatic heterocycles. The summed E-state index contributed by atoms with van der Waals surface area (Å²) in [5.74, 6) is -0.428. The zero-order valence-electron chi connectivity index (χ0n) is 15.5. The van der Waals surface area contributed by atoms with Crippen molar-refractivity contribution >= 4 is 43.6 Å². The molecule has 4 rings (SSSR count). The molecule has 1 saturated heterocycles. The number of rotatable bonds is 5. The van der Waals surface area contributed by atoms with Crippen LogP contribution >= 0.6 is 22.9 Å². The number of hydrogen-bond acceptors (Lipinski definition) is 6. The van der Waals surface area contributed by atoms with Crippen molar-refractivity contribution in [3.63, 3.8) is 0 Å². The van der Waals surface area contributed by atoms with Crippen LogP contribution in [-0.4, -0.2) is 48.9 Å². The molecule has 1 aliphatic rings. The van der Waals surface area contributed by atoms with Crippen molar-refractivity contribution in [1.82, 2.24) is 14.3 Å². The average molecular weight is 481 g/mol. The van der Waals surface area contributed by atoms with E-state index in [0.29, 0.717) is 24.5 Å². The van der Waals surface area contributed by atoms with Crippen LogP contribution in [-0.2, 0) is 16.2 Å². The number of imidazole rings is 1. The first-order valence-corrected chi connectivity index (χ1v) is 11.5. The Kier molecular flexibility index (Phi) is 5.37. The fourth-order valence-corrected chi connectivity index (χ4v) is 5.78.